The van der Waals surface area contributed by atoms with E-state index >= 15 is 0 Å². The van der Waals surface area contributed by atoms with Crippen LogP contribution in [-0.2, 0) is 14.2 Å². The van der Waals surface area contributed by atoms with Crippen LogP contribution in [0.5, 0.6) is 0 Å². The van der Waals surface area contributed by atoms with Crippen LogP contribution in [0, 0.1) is 0 Å². The fourth-order valence-corrected chi connectivity index (χ4v) is 2.24. The Morgan fingerprint density at radius 2 is 1.86 bits per heavy atom. The topological polar surface area (TPSA) is 51.0 Å². The lowest BCUT2D eigenvalue weighted by atomic mass is 10.1. The zero-order chi connectivity index (χ0) is 21.7. The average molecular weight is 392 g/mol. The molecule has 0 aliphatic rings. The van der Waals surface area contributed by atoms with E-state index in [1.807, 2.05) is 46.8 Å². The summed E-state index contributed by atoms with van der Waals surface area (Å²) in [6.45, 7) is 17.9. The van der Waals surface area contributed by atoms with Gasteiger partial charge in [0.2, 0.25) is 0 Å². The van der Waals surface area contributed by atoms with Crippen molar-refractivity contribution in [1.29, 1.82) is 0 Å². The Morgan fingerprint density at radius 1 is 1.21 bits per heavy atom. The van der Waals surface area contributed by atoms with Gasteiger partial charge in [-0.3, -0.25) is 0 Å². The van der Waals surface area contributed by atoms with Crippen molar-refractivity contribution in [2.75, 3.05) is 27.3 Å². The van der Waals surface area contributed by atoms with Crippen LogP contribution < -0.4 is 0 Å². The van der Waals surface area contributed by atoms with Gasteiger partial charge in [0.15, 0.2) is 0 Å². The van der Waals surface area contributed by atoms with Crippen molar-refractivity contribution >= 4 is 12.8 Å². The zero-order valence-corrected chi connectivity index (χ0v) is 18.3. The molecular formula is C22H35N2O4+. The van der Waals surface area contributed by atoms with Gasteiger partial charge in [-0.25, -0.2) is 4.58 Å². The van der Waals surface area contributed by atoms with Crippen LogP contribution in [0.3, 0.4) is 0 Å². The maximum Gasteiger partial charge on any atom is 0.507 e. The number of rotatable bonds is 10. The molecule has 0 aliphatic heterocycles. The fourth-order valence-electron chi connectivity index (χ4n) is 2.24. The Balaban J connectivity index is 6.25. The Bertz CT molecular complexity index is 665. The highest BCUT2D eigenvalue weighted by Gasteiger charge is 2.34. The molecule has 0 heterocycles. The summed E-state index contributed by atoms with van der Waals surface area (Å²) in [5.74, 6) is 1.21. The molecule has 0 fully saturated rings. The average Bonchev–Trinajstić information content (AvgIpc) is 2.63. The largest absolute Gasteiger partial charge is 0.507 e. The van der Waals surface area contributed by atoms with E-state index in [1.54, 1.807) is 43.3 Å². The minimum atomic E-state index is -0.642. The lowest BCUT2D eigenvalue weighted by molar-refractivity contribution is -0.480. The molecule has 1 amide bonds. The summed E-state index contributed by atoms with van der Waals surface area (Å²) < 4.78 is 17.8. The molecule has 0 saturated carbocycles. The molecule has 0 aromatic rings. The number of hydrogen-bond acceptors (Lipinski definition) is 4. The first-order valence-electron chi connectivity index (χ1n) is 9.15. The van der Waals surface area contributed by atoms with Crippen LogP contribution in [0.4, 0.5) is 4.79 Å². The van der Waals surface area contributed by atoms with Crippen LogP contribution in [0.15, 0.2) is 60.4 Å². The Kier molecular flexibility index (Phi) is 11.4. The van der Waals surface area contributed by atoms with Gasteiger partial charge in [0.1, 0.15) is 17.9 Å². The van der Waals surface area contributed by atoms with Crippen molar-refractivity contribution in [1.82, 2.24) is 4.90 Å². The number of amides is 1. The number of methoxy groups -OCH3 is 2. The van der Waals surface area contributed by atoms with E-state index in [1.165, 1.54) is 4.90 Å². The van der Waals surface area contributed by atoms with E-state index in [-0.39, 0.29) is 6.54 Å². The third-order valence-corrected chi connectivity index (χ3v) is 3.50. The van der Waals surface area contributed by atoms with E-state index in [4.69, 9.17) is 14.2 Å². The first kappa shape index (κ1) is 25.2. The molecule has 0 aromatic heterocycles. The predicted octanol–water partition coefficient (Wildman–Crippen LogP) is 4.62. The van der Waals surface area contributed by atoms with Gasteiger partial charge >= 0.3 is 6.09 Å². The van der Waals surface area contributed by atoms with E-state index in [9.17, 15) is 4.79 Å². The number of ether oxygens (including phenoxy) is 3. The van der Waals surface area contributed by atoms with E-state index in [0.29, 0.717) is 18.1 Å². The van der Waals surface area contributed by atoms with Crippen LogP contribution >= 0.6 is 0 Å². The molecule has 0 saturated heterocycles. The predicted molar refractivity (Wildman–Crippen MR) is 114 cm³/mol. The molecule has 6 heteroatoms. The summed E-state index contributed by atoms with van der Waals surface area (Å²) in [6.07, 6.45) is 9.79. The number of nitrogens with zero attached hydrogens (tertiary/aromatic N) is 2. The second kappa shape index (κ2) is 12.6. The molecule has 0 rings (SSSR count). The van der Waals surface area contributed by atoms with E-state index in [2.05, 4.69) is 13.3 Å². The first-order chi connectivity index (χ1) is 13.1. The summed E-state index contributed by atoms with van der Waals surface area (Å²) in [7, 11) is 3.15. The summed E-state index contributed by atoms with van der Waals surface area (Å²) in [6, 6.07) is 0. The van der Waals surface area contributed by atoms with Gasteiger partial charge in [0, 0.05) is 11.6 Å². The first-order valence-corrected chi connectivity index (χ1v) is 9.15. The second-order valence-corrected chi connectivity index (χ2v) is 6.80. The molecule has 0 aromatic carbocycles. The zero-order valence-electron chi connectivity index (χ0n) is 18.3. The lowest BCUT2D eigenvalue weighted by Gasteiger charge is -2.25. The summed E-state index contributed by atoms with van der Waals surface area (Å²) in [4.78, 5) is 14.5. The molecule has 0 spiro atoms. The number of hydrogen-bond donors (Lipinski definition) is 0. The SMILES string of the molecule is C=CC=C(N(CC(=CC=COC)C(=CC)OC)C(=O)OC(C)(C)C)[N+](=C)CC. The van der Waals surface area contributed by atoms with E-state index < -0.39 is 11.7 Å². The van der Waals surface area contributed by atoms with Crippen LogP contribution in [0.2, 0.25) is 0 Å². The van der Waals surface area contributed by atoms with E-state index in [0.717, 1.165) is 5.57 Å². The smallest absolute Gasteiger partial charge is 0.504 e. The maximum absolute atomic E-state index is 13.0. The fraction of sp³-hybridized carbons (Fsp3) is 0.455. The summed E-state index contributed by atoms with van der Waals surface area (Å²) in [5, 5.41) is 0. The second-order valence-electron chi connectivity index (χ2n) is 6.80. The van der Waals surface area contributed by atoms with Crippen LogP contribution in [0.1, 0.15) is 34.6 Å². The molecule has 6 nitrogen and oxygen atoms in total. The van der Waals surface area contributed by atoms with Crippen LogP contribution in [-0.4, -0.2) is 55.2 Å². The highest BCUT2D eigenvalue weighted by Crippen LogP contribution is 2.20. The standard InChI is InChI=1S/C22H35N2O4/c1-10-14-20(23(7)12-3)24(21(25)28-22(4,5)6)17-18(15-13-16-26-8)19(11-2)27-9/h10-11,13-16H,1,7,12,17H2,2-6,8-9H3/q+1. The third kappa shape index (κ3) is 8.75. The molecule has 28 heavy (non-hydrogen) atoms. The number of allylic oxidation sites excluding steroid dienone is 5. The van der Waals surface area contributed by atoms with Crippen molar-refractivity contribution in [2.24, 2.45) is 0 Å². The normalized spacial score (nSPS) is 13.3. The molecular weight excluding hydrogens is 356 g/mol. The van der Waals surface area contributed by atoms with Gasteiger partial charge in [0.25, 0.3) is 5.82 Å². The molecule has 0 N–H and O–H groups in total. The molecule has 0 radical (unpaired) electrons. The number of carbonyl (C=O) groups is 1. The quantitative estimate of drug-likeness (QED) is 0.236. The van der Waals surface area contributed by atoms with Gasteiger partial charge in [-0.15, -0.1) is 0 Å². The van der Waals surface area contributed by atoms with Gasteiger partial charge in [-0.1, -0.05) is 12.7 Å². The maximum atomic E-state index is 13.0. The highest BCUT2D eigenvalue weighted by molar-refractivity contribution is 5.71. The van der Waals surface area contributed by atoms with Crippen molar-refractivity contribution in [3.8, 4) is 0 Å². The lowest BCUT2D eigenvalue weighted by Crippen LogP contribution is -2.40. The van der Waals surface area contributed by atoms with Crippen LogP contribution in [0.25, 0.3) is 0 Å². The molecule has 0 bridgehead atoms. The van der Waals surface area contributed by atoms with Gasteiger partial charge in [-0.2, -0.15) is 9.69 Å². The Hall–Kier alpha value is -2.76. The molecule has 0 unspecified atom stereocenters. The molecule has 0 atom stereocenters. The summed E-state index contributed by atoms with van der Waals surface area (Å²) >= 11 is 0. The minimum Gasteiger partial charge on any atom is -0.504 e. The summed E-state index contributed by atoms with van der Waals surface area (Å²) in [5.41, 5.74) is 0.126. The highest BCUT2D eigenvalue weighted by atomic mass is 16.6. The van der Waals surface area contributed by atoms with Crippen molar-refractivity contribution in [2.45, 2.75) is 40.2 Å². The Morgan fingerprint density at radius 3 is 2.29 bits per heavy atom. The van der Waals surface area contributed by atoms with Gasteiger partial charge in [-0.05, 0) is 52.8 Å². The van der Waals surface area contributed by atoms with Crippen molar-refractivity contribution < 1.29 is 23.6 Å². The molecule has 156 valence electrons. The van der Waals surface area contributed by atoms with Crippen molar-refractivity contribution in [3.05, 3.63) is 60.4 Å². The monoisotopic (exact) mass is 391 g/mol. The van der Waals surface area contributed by atoms with Crippen molar-refractivity contribution in [3.63, 3.8) is 0 Å². The molecule has 0 aliphatic carbocycles. The number of carbonyl (C=O) groups excluding carboxylic acids is 1. The third-order valence-electron chi connectivity index (χ3n) is 3.50. The van der Waals surface area contributed by atoms with Gasteiger partial charge < -0.3 is 14.2 Å². The minimum absolute atomic E-state index is 0.210. The Labute approximate surface area is 169 Å². The van der Waals surface area contributed by atoms with Gasteiger partial charge in [0.05, 0.1) is 33.7 Å².